The molecule has 0 unspecified atom stereocenters. The SMILES string of the molecule is O=C(NCCC1CCCCCC1)c1cn(CC2COC2)c2cccc(Cl)c12. The maximum Gasteiger partial charge on any atom is 0.253 e. The van der Waals surface area contributed by atoms with E-state index in [1.54, 1.807) is 0 Å². The van der Waals surface area contributed by atoms with Gasteiger partial charge in [0.15, 0.2) is 0 Å². The molecule has 1 aromatic carbocycles. The molecule has 1 aliphatic heterocycles. The fourth-order valence-electron chi connectivity index (χ4n) is 4.44. The average Bonchev–Trinajstić information content (AvgIpc) is 2.80. The van der Waals surface area contributed by atoms with E-state index in [9.17, 15) is 4.79 Å². The second-order valence-electron chi connectivity index (χ2n) is 8.13. The van der Waals surface area contributed by atoms with Crippen molar-refractivity contribution in [3.63, 3.8) is 0 Å². The number of hydrogen-bond acceptors (Lipinski definition) is 2. The van der Waals surface area contributed by atoms with E-state index in [2.05, 4.69) is 9.88 Å². The molecule has 0 atom stereocenters. The summed E-state index contributed by atoms with van der Waals surface area (Å²) in [4.78, 5) is 12.9. The summed E-state index contributed by atoms with van der Waals surface area (Å²) in [6, 6.07) is 5.86. The van der Waals surface area contributed by atoms with Gasteiger partial charge in [-0.3, -0.25) is 4.79 Å². The van der Waals surface area contributed by atoms with Gasteiger partial charge in [0.05, 0.1) is 29.3 Å². The molecule has 146 valence electrons. The lowest BCUT2D eigenvalue weighted by atomic mass is 9.97. The Kier molecular flexibility index (Phi) is 6.04. The van der Waals surface area contributed by atoms with Crippen LogP contribution in [0.2, 0.25) is 5.02 Å². The number of carbonyl (C=O) groups excluding carboxylic acids is 1. The molecule has 4 rings (SSSR count). The number of carbonyl (C=O) groups is 1. The molecule has 1 saturated heterocycles. The Hall–Kier alpha value is -1.52. The van der Waals surface area contributed by atoms with E-state index in [4.69, 9.17) is 16.3 Å². The molecule has 0 spiro atoms. The predicted octanol–water partition coefficient (Wildman–Crippen LogP) is 5.03. The Morgan fingerprint density at radius 1 is 1.15 bits per heavy atom. The summed E-state index contributed by atoms with van der Waals surface area (Å²) in [5.74, 6) is 1.27. The summed E-state index contributed by atoms with van der Waals surface area (Å²) in [6.07, 6.45) is 11.1. The van der Waals surface area contributed by atoms with Crippen LogP contribution in [0.25, 0.3) is 10.9 Å². The molecule has 2 aromatic rings. The van der Waals surface area contributed by atoms with Crippen LogP contribution in [0.4, 0.5) is 0 Å². The Labute approximate surface area is 166 Å². The third-order valence-electron chi connectivity index (χ3n) is 6.07. The lowest BCUT2D eigenvalue weighted by Gasteiger charge is -2.26. The molecule has 1 N–H and O–H groups in total. The largest absolute Gasteiger partial charge is 0.381 e. The molecule has 1 aliphatic carbocycles. The highest BCUT2D eigenvalue weighted by Gasteiger charge is 2.23. The van der Waals surface area contributed by atoms with Gasteiger partial charge in [-0.05, 0) is 24.5 Å². The van der Waals surface area contributed by atoms with Gasteiger partial charge in [0.1, 0.15) is 0 Å². The van der Waals surface area contributed by atoms with Crippen molar-refractivity contribution in [1.82, 2.24) is 9.88 Å². The number of amides is 1. The van der Waals surface area contributed by atoms with E-state index in [0.717, 1.165) is 49.5 Å². The summed E-state index contributed by atoms with van der Waals surface area (Å²) >= 11 is 6.46. The number of benzene rings is 1. The first kappa shape index (κ1) is 18.8. The number of rotatable bonds is 6. The molecule has 2 aliphatic rings. The molecular weight excluding hydrogens is 360 g/mol. The van der Waals surface area contributed by atoms with Crippen molar-refractivity contribution < 1.29 is 9.53 Å². The molecule has 1 saturated carbocycles. The Bertz CT molecular complexity index is 789. The first-order valence-corrected chi connectivity index (χ1v) is 10.7. The molecule has 1 amide bonds. The van der Waals surface area contributed by atoms with Crippen molar-refractivity contribution in [3.05, 3.63) is 35.0 Å². The van der Waals surface area contributed by atoms with Gasteiger partial charge in [-0.15, -0.1) is 0 Å². The van der Waals surface area contributed by atoms with Crippen molar-refractivity contribution >= 4 is 28.4 Å². The number of nitrogens with zero attached hydrogens (tertiary/aromatic N) is 1. The fraction of sp³-hybridized carbons (Fsp3) is 0.591. The summed E-state index contributed by atoms with van der Waals surface area (Å²) in [5.41, 5.74) is 1.72. The third kappa shape index (κ3) is 4.33. The van der Waals surface area contributed by atoms with Crippen LogP contribution in [0.5, 0.6) is 0 Å². The minimum absolute atomic E-state index is 0.00895. The van der Waals surface area contributed by atoms with Crippen LogP contribution in [0.3, 0.4) is 0 Å². The number of ether oxygens (including phenoxy) is 1. The van der Waals surface area contributed by atoms with Gasteiger partial charge in [-0.2, -0.15) is 0 Å². The van der Waals surface area contributed by atoms with E-state index >= 15 is 0 Å². The van der Waals surface area contributed by atoms with Crippen LogP contribution in [0.15, 0.2) is 24.4 Å². The lowest BCUT2D eigenvalue weighted by molar-refractivity contribution is -0.0388. The predicted molar refractivity (Wildman–Crippen MR) is 109 cm³/mol. The Morgan fingerprint density at radius 2 is 1.93 bits per heavy atom. The van der Waals surface area contributed by atoms with Gasteiger partial charge >= 0.3 is 0 Å². The van der Waals surface area contributed by atoms with Gasteiger partial charge in [-0.25, -0.2) is 0 Å². The highest BCUT2D eigenvalue weighted by Crippen LogP contribution is 2.30. The molecule has 2 fully saturated rings. The van der Waals surface area contributed by atoms with Crippen molar-refractivity contribution in [3.8, 4) is 0 Å². The van der Waals surface area contributed by atoms with Crippen LogP contribution in [-0.2, 0) is 11.3 Å². The molecular formula is C22H29ClN2O2. The Balaban J connectivity index is 1.45. The van der Waals surface area contributed by atoms with Crippen LogP contribution in [0.1, 0.15) is 55.3 Å². The second-order valence-corrected chi connectivity index (χ2v) is 8.54. The quantitative estimate of drug-likeness (QED) is 0.705. The third-order valence-corrected chi connectivity index (χ3v) is 6.39. The maximum atomic E-state index is 12.9. The van der Waals surface area contributed by atoms with Gasteiger partial charge in [0, 0.05) is 30.6 Å². The van der Waals surface area contributed by atoms with Gasteiger partial charge in [0.2, 0.25) is 0 Å². The number of nitrogens with one attached hydrogen (secondary N) is 1. The number of hydrogen-bond donors (Lipinski definition) is 1. The average molecular weight is 389 g/mol. The summed E-state index contributed by atoms with van der Waals surface area (Å²) < 4.78 is 7.46. The topological polar surface area (TPSA) is 43.3 Å². The van der Waals surface area contributed by atoms with E-state index in [0.29, 0.717) is 16.5 Å². The van der Waals surface area contributed by atoms with E-state index in [-0.39, 0.29) is 5.91 Å². The van der Waals surface area contributed by atoms with Crippen LogP contribution in [0, 0.1) is 11.8 Å². The van der Waals surface area contributed by atoms with Crippen LogP contribution < -0.4 is 5.32 Å². The van der Waals surface area contributed by atoms with E-state index in [1.165, 1.54) is 38.5 Å². The Morgan fingerprint density at radius 3 is 2.63 bits per heavy atom. The van der Waals surface area contributed by atoms with Crippen molar-refractivity contribution in [2.75, 3.05) is 19.8 Å². The summed E-state index contributed by atoms with van der Waals surface area (Å²) in [6.45, 7) is 3.20. The molecule has 4 nitrogen and oxygen atoms in total. The zero-order chi connectivity index (χ0) is 18.6. The summed E-state index contributed by atoms with van der Waals surface area (Å²) in [5, 5.41) is 4.66. The van der Waals surface area contributed by atoms with Crippen LogP contribution >= 0.6 is 11.6 Å². The fourth-order valence-corrected chi connectivity index (χ4v) is 4.71. The molecule has 27 heavy (non-hydrogen) atoms. The second kappa shape index (κ2) is 8.66. The molecule has 0 bridgehead atoms. The maximum absolute atomic E-state index is 12.9. The van der Waals surface area contributed by atoms with E-state index in [1.807, 2.05) is 24.4 Å². The standard InChI is InChI=1S/C22H29ClN2O2/c23-19-8-5-9-20-21(19)18(13-25(20)12-17-14-27-15-17)22(26)24-11-10-16-6-3-1-2-4-7-16/h5,8-9,13,16-17H,1-4,6-7,10-12,14-15H2,(H,24,26). The number of aromatic nitrogens is 1. The van der Waals surface area contributed by atoms with Gasteiger partial charge in [0.25, 0.3) is 5.91 Å². The molecule has 1 aromatic heterocycles. The monoisotopic (exact) mass is 388 g/mol. The minimum Gasteiger partial charge on any atom is -0.381 e. The molecule has 2 heterocycles. The normalized spacial score (nSPS) is 19.0. The van der Waals surface area contributed by atoms with Crippen molar-refractivity contribution in [1.29, 1.82) is 0 Å². The highest BCUT2D eigenvalue weighted by atomic mass is 35.5. The lowest BCUT2D eigenvalue weighted by Crippen LogP contribution is -2.31. The number of halogens is 1. The van der Waals surface area contributed by atoms with E-state index < -0.39 is 0 Å². The van der Waals surface area contributed by atoms with Gasteiger partial charge in [-0.1, -0.05) is 56.2 Å². The van der Waals surface area contributed by atoms with Gasteiger partial charge < -0.3 is 14.6 Å². The smallest absolute Gasteiger partial charge is 0.253 e. The summed E-state index contributed by atoms with van der Waals surface area (Å²) in [7, 11) is 0. The van der Waals surface area contributed by atoms with Crippen molar-refractivity contribution in [2.24, 2.45) is 11.8 Å². The molecule has 0 radical (unpaired) electrons. The zero-order valence-electron chi connectivity index (χ0n) is 15.9. The zero-order valence-corrected chi connectivity index (χ0v) is 16.6. The minimum atomic E-state index is -0.00895. The highest BCUT2D eigenvalue weighted by molar-refractivity contribution is 6.36. The van der Waals surface area contributed by atoms with Crippen LogP contribution in [-0.4, -0.2) is 30.2 Å². The molecule has 5 heteroatoms. The first-order valence-electron chi connectivity index (χ1n) is 10.4. The number of fused-ring (bicyclic) bond motifs is 1. The first-order chi connectivity index (χ1) is 13.2. The van der Waals surface area contributed by atoms with Crippen molar-refractivity contribution in [2.45, 2.75) is 51.5 Å².